The number of hydrogen-bond donors (Lipinski definition) is 1. The first-order chi connectivity index (χ1) is 14.5. The van der Waals surface area contributed by atoms with Crippen LogP contribution in [0.1, 0.15) is 15.9 Å². The Morgan fingerprint density at radius 1 is 1.23 bits per heavy atom. The number of carbonyl (C=O) groups is 2. The molecule has 30 heavy (non-hydrogen) atoms. The zero-order valence-corrected chi connectivity index (χ0v) is 15.9. The van der Waals surface area contributed by atoms with Crippen molar-refractivity contribution in [2.75, 3.05) is 18.6 Å². The SMILES string of the molecule is COc1ccc(/C=N\NC(=O)CN2C(=O)c3cccc4cccc2c34)cc1[N+](=O)[O-]. The molecular weight excluding hydrogens is 388 g/mol. The summed E-state index contributed by atoms with van der Waals surface area (Å²) < 4.78 is 4.95. The van der Waals surface area contributed by atoms with Crippen molar-refractivity contribution in [1.29, 1.82) is 0 Å². The average molecular weight is 404 g/mol. The molecule has 0 aliphatic carbocycles. The summed E-state index contributed by atoms with van der Waals surface area (Å²) in [6.45, 7) is -0.202. The molecule has 9 heteroatoms. The van der Waals surface area contributed by atoms with Crippen molar-refractivity contribution in [3.63, 3.8) is 0 Å². The molecule has 1 N–H and O–H groups in total. The van der Waals surface area contributed by atoms with Crippen LogP contribution < -0.4 is 15.1 Å². The van der Waals surface area contributed by atoms with Gasteiger partial charge in [0.1, 0.15) is 6.54 Å². The number of nitro benzene ring substituents is 1. The smallest absolute Gasteiger partial charge is 0.311 e. The molecule has 4 rings (SSSR count). The number of amides is 2. The summed E-state index contributed by atoms with van der Waals surface area (Å²) in [5, 5.41) is 16.7. The summed E-state index contributed by atoms with van der Waals surface area (Å²) in [6, 6.07) is 15.3. The van der Waals surface area contributed by atoms with Crippen LogP contribution >= 0.6 is 0 Å². The van der Waals surface area contributed by atoms with E-state index in [1.165, 1.54) is 30.4 Å². The standard InChI is InChI=1S/C21H16N4O5/c1-30-18-9-8-13(10-17(18)25(28)29)11-22-23-19(26)12-24-16-7-3-5-14-4-2-6-15(20(14)16)21(24)27/h2-11H,12H2,1H3,(H,23,26)/b22-11-. The molecule has 0 atom stereocenters. The molecule has 0 bridgehead atoms. The number of anilines is 1. The monoisotopic (exact) mass is 404 g/mol. The molecule has 0 unspecified atom stereocenters. The Morgan fingerprint density at radius 2 is 2.00 bits per heavy atom. The highest BCUT2D eigenvalue weighted by Gasteiger charge is 2.30. The molecule has 3 aromatic rings. The Kier molecular flexibility index (Phi) is 4.85. The van der Waals surface area contributed by atoms with Gasteiger partial charge in [0.15, 0.2) is 5.75 Å². The van der Waals surface area contributed by atoms with E-state index < -0.39 is 10.8 Å². The van der Waals surface area contributed by atoms with E-state index in [0.717, 1.165) is 10.8 Å². The summed E-state index contributed by atoms with van der Waals surface area (Å²) >= 11 is 0. The van der Waals surface area contributed by atoms with Crippen LogP contribution in [0.4, 0.5) is 11.4 Å². The van der Waals surface area contributed by atoms with E-state index in [1.807, 2.05) is 18.2 Å². The van der Waals surface area contributed by atoms with Gasteiger partial charge in [-0.1, -0.05) is 24.3 Å². The van der Waals surface area contributed by atoms with Crippen molar-refractivity contribution >= 4 is 40.2 Å². The van der Waals surface area contributed by atoms with Gasteiger partial charge in [-0.15, -0.1) is 0 Å². The Labute approximate surface area is 170 Å². The maximum atomic E-state index is 12.7. The Bertz CT molecular complexity index is 1220. The number of carbonyl (C=O) groups excluding carboxylic acids is 2. The lowest BCUT2D eigenvalue weighted by Gasteiger charge is -2.16. The predicted octanol–water partition coefficient (Wildman–Crippen LogP) is 2.87. The third kappa shape index (κ3) is 3.32. The normalized spacial score (nSPS) is 12.6. The van der Waals surface area contributed by atoms with Crippen LogP contribution in [0.3, 0.4) is 0 Å². The number of benzene rings is 3. The second kappa shape index (κ2) is 7.63. The average Bonchev–Trinajstić information content (AvgIpc) is 3.01. The minimum absolute atomic E-state index is 0.127. The topological polar surface area (TPSA) is 114 Å². The number of nitrogens with one attached hydrogen (secondary N) is 1. The molecule has 1 heterocycles. The Hall–Kier alpha value is -4.27. The van der Waals surface area contributed by atoms with Crippen LogP contribution in [-0.4, -0.2) is 36.6 Å². The molecule has 0 radical (unpaired) electrons. The number of hydrogen-bond acceptors (Lipinski definition) is 6. The Balaban J connectivity index is 1.46. The molecule has 0 spiro atoms. The molecule has 0 saturated heterocycles. The lowest BCUT2D eigenvalue weighted by Crippen LogP contribution is -2.37. The van der Waals surface area contributed by atoms with E-state index in [0.29, 0.717) is 16.8 Å². The number of nitro groups is 1. The van der Waals surface area contributed by atoms with Crippen molar-refractivity contribution < 1.29 is 19.2 Å². The third-order valence-corrected chi connectivity index (χ3v) is 4.75. The minimum Gasteiger partial charge on any atom is -0.490 e. The fourth-order valence-electron chi connectivity index (χ4n) is 3.42. The summed E-state index contributed by atoms with van der Waals surface area (Å²) in [5.41, 5.74) is 3.80. The molecule has 0 saturated carbocycles. The quantitative estimate of drug-likeness (QED) is 0.385. The third-order valence-electron chi connectivity index (χ3n) is 4.75. The van der Waals surface area contributed by atoms with Gasteiger partial charge in [0.2, 0.25) is 0 Å². The van der Waals surface area contributed by atoms with Gasteiger partial charge in [-0.2, -0.15) is 5.10 Å². The van der Waals surface area contributed by atoms with Crippen molar-refractivity contribution in [1.82, 2.24) is 5.43 Å². The van der Waals surface area contributed by atoms with Crippen LogP contribution in [-0.2, 0) is 4.79 Å². The first kappa shape index (κ1) is 19.1. The second-order valence-electron chi connectivity index (χ2n) is 6.55. The van der Waals surface area contributed by atoms with E-state index in [4.69, 9.17) is 4.74 Å². The highest BCUT2D eigenvalue weighted by Crippen LogP contribution is 2.36. The number of hydrazone groups is 1. The largest absolute Gasteiger partial charge is 0.490 e. The number of nitrogens with zero attached hydrogens (tertiary/aromatic N) is 3. The van der Waals surface area contributed by atoms with Gasteiger partial charge >= 0.3 is 5.69 Å². The van der Waals surface area contributed by atoms with E-state index in [-0.39, 0.29) is 23.9 Å². The van der Waals surface area contributed by atoms with E-state index in [2.05, 4.69) is 10.5 Å². The maximum absolute atomic E-state index is 12.7. The zero-order valence-electron chi connectivity index (χ0n) is 15.9. The van der Waals surface area contributed by atoms with Crippen molar-refractivity contribution in [2.24, 2.45) is 5.10 Å². The minimum atomic E-state index is -0.563. The van der Waals surface area contributed by atoms with Crippen LogP contribution in [0.2, 0.25) is 0 Å². The summed E-state index contributed by atoms with van der Waals surface area (Å²) in [6.07, 6.45) is 1.28. The predicted molar refractivity (Wildman–Crippen MR) is 111 cm³/mol. The van der Waals surface area contributed by atoms with E-state index in [9.17, 15) is 19.7 Å². The van der Waals surface area contributed by atoms with Gasteiger partial charge in [0.25, 0.3) is 11.8 Å². The number of rotatable bonds is 6. The maximum Gasteiger partial charge on any atom is 0.311 e. The van der Waals surface area contributed by atoms with E-state index >= 15 is 0 Å². The van der Waals surface area contributed by atoms with Crippen LogP contribution in [0.15, 0.2) is 59.7 Å². The lowest BCUT2D eigenvalue weighted by atomic mass is 10.1. The molecule has 1 aliphatic rings. The second-order valence-corrected chi connectivity index (χ2v) is 6.55. The van der Waals surface area contributed by atoms with Crippen LogP contribution in [0, 0.1) is 10.1 Å². The fraction of sp³-hybridized carbons (Fsp3) is 0.0952. The Morgan fingerprint density at radius 3 is 2.73 bits per heavy atom. The molecule has 0 aromatic heterocycles. The van der Waals surface area contributed by atoms with Gasteiger partial charge in [-0.3, -0.25) is 24.6 Å². The van der Waals surface area contributed by atoms with Crippen molar-refractivity contribution in [3.05, 3.63) is 75.8 Å². The van der Waals surface area contributed by atoms with Gasteiger partial charge in [0.05, 0.1) is 23.9 Å². The first-order valence-corrected chi connectivity index (χ1v) is 8.97. The molecule has 1 aliphatic heterocycles. The van der Waals surface area contributed by atoms with E-state index in [1.54, 1.807) is 24.3 Å². The van der Waals surface area contributed by atoms with Crippen LogP contribution in [0.5, 0.6) is 5.75 Å². The number of ether oxygens (including phenoxy) is 1. The lowest BCUT2D eigenvalue weighted by molar-refractivity contribution is -0.385. The highest BCUT2D eigenvalue weighted by atomic mass is 16.6. The molecule has 3 aromatic carbocycles. The van der Waals surface area contributed by atoms with Gasteiger partial charge in [-0.05, 0) is 29.7 Å². The van der Waals surface area contributed by atoms with Gasteiger partial charge in [-0.25, -0.2) is 5.43 Å². The summed E-state index contributed by atoms with van der Waals surface area (Å²) in [7, 11) is 1.34. The molecule has 0 fully saturated rings. The van der Waals surface area contributed by atoms with Crippen molar-refractivity contribution in [2.45, 2.75) is 0 Å². The first-order valence-electron chi connectivity index (χ1n) is 8.97. The molecular formula is C21H16N4O5. The van der Waals surface area contributed by atoms with Crippen molar-refractivity contribution in [3.8, 4) is 5.75 Å². The van der Waals surface area contributed by atoms with Gasteiger partial charge in [0, 0.05) is 22.6 Å². The molecule has 2 amide bonds. The summed E-state index contributed by atoms with van der Waals surface area (Å²) in [5.74, 6) is -0.610. The van der Waals surface area contributed by atoms with Crippen LogP contribution in [0.25, 0.3) is 10.8 Å². The van der Waals surface area contributed by atoms with Gasteiger partial charge < -0.3 is 4.74 Å². The highest BCUT2D eigenvalue weighted by molar-refractivity contribution is 6.26. The number of methoxy groups -OCH3 is 1. The fourth-order valence-corrected chi connectivity index (χ4v) is 3.42. The molecule has 150 valence electrons. The molecule has 9 nitrogen and oxygen atoms in total. The zero-order chi connectivity index (χ0) is 21.3. The summed E-state index contributed by atoms with van der Waals surface area (Å²) in [4.78, 5) is 37.0.